The average Bonchev–Trinajstić information content (AvgIpc) is 2.67. The van der Waals surface area contributed by atoms with Gasteiger partial charge in [0.15, 0.2) is 0 Å². The Bertz CT molecular complexity index is 918. The van der Waals surface area contributed by atoms with Crippen LogP contribution in [0.1, 0.15) is 41.6 Å². The zero-order valence-corrected chi connectivity index (χ0v) is 15.0. The Morgan fingerprint density at radius 2 is 2.00 bits per heavy atom. The summed E-state index contributed by atoms with van der Waals surface area (Å²) in [4.78, 5) is 8.86. The second-order valence-electron chi connectivity index (χ2n) is 6.57. The molecular formula is C20H23F2N5. The molecule has 27 heavy (non-hydrogen) atoms. The predicted molar refractivity (Wildman–Crippen MR) is 107 cm³/mol. The van der Waals surface area contributed by atoms with E-state index in [9.17, 15) is 8.78 Å². The minimum Gasteiger partial charge on any atom is -0.404 e. The lowest BCUT2D eigenvalue weighted by atomic mass is 9.85. The molecule has 0 aliphatic heterocycles. The van der Waals surface area contributed by atoms with Gasteiger partial charge < -0.3 is 16.9 Å². The van der Waals surface area contributed by atoms with Gasteiger partial charge in [-0.05, 0) is 48.9 Å². The number of nitrogens with one attached hydrogen (secondary N) is 1. The largest absolute Gasteiger partial charge is 0.404 e. The number of pyridine rings is 1. The Morgan fingerprint density at radius 1 is 1.26 bits per heavy atom. The van der Waals surface area contributed by atoms with Crippen LogP contribution in [-0.4, -0.2) is 30.4 Å². The highest BCUT2D eigenvalue weighted by molar-refractivity contribution is 6.11. The molecule has 1 heterocycles. The standard InChI is InChI=1S/C20H23F2N5/c21-18(22)7-8-26-11-12(9-23)20-14-4-2-1-3-13(14)19-15(10-24)16(25)5-6-17(19)27-20/h5-6,9-11,18,24H,1-4,7-8,23,25H2/b12-9+,24-10?,26-11?. The molecule has 0 radical (unpaired) electrons. The Hall–Kier alpha value is -2.83. The molecular weight excluding hydrogens is 348 g/mol. The number of aromatic nitrogens is 1. The van der Waals surface area contributed by atoms with Gasteiger partial charge in [-0.3, -0.25) is 4.99 Å². The number of halogens is 2. The van der Waals surface area contributed by atoms with Crippen LogP contribution in [-0.2, 0) is 12.8 Å². The average molecular weight is 371 g/mol. The minimum absolute atomic E-state index is 0.0409. The van der Waals surface area contributed by atoms with Gasteiger partial charge >= 0.3 is 0 Å². The number of hydrogen-bond acceptors (Lipinski definition) is 5. The Labute approximate surface area is 156 Å². The van der Waals surface area contributed by atoms with E-state index in [1.54, 1.807) is 6.07 Å². The zero-order valence-electron chi connectivity index (χ0n) is 15.0. The SMILES string of the molecule is N=Cc1c(N)ccc2nc(/C(C=NCCC(F)F)=C/N)c3c(c12)CCCC3. The fourth-order valence-corrected chi connectivity index (χ4v) is 3.58. The number of nitrogens with two attached hydrogens (primary N) is 2. The lowest BCUT2D eigenvalue weighted by Gasteiger charge is -2.22. The third-order valence-electron chi connectivity index (χ3n) is 4.85. The summed E-state index contributed by atoms with van der Waals surface area (Å²) in [6, 6.07) is 3.59. The van der Waals surface area contributed by atoms with Crippen molar-refractivity contribution in [2.24, 2.45) is 10.7 Å². The molecule has 7 heteroatoms. The van der Waals surface area contributed by atoms with Gasteiger partial charge in [0.1, 0.15) is 0 Å². The molecule has 0 unspecified atom stereocenters. The van der Waals surface area contributed by atoms with E-state index in [1.807, 2.05) is 6.07 Å². The number of fused-ring (bicyclic) bond motifs is 3. The molecule has 0 saturated carbocycles. The summed E-state index contributed by atoms with van der Waals surface area (Å²) in [5, 5.41) is 8.68. The molecule has 0 fully saturated rings. The lowest BCUT2D eigenvalue weighted by Crippen LogP contribution is -2.12. The summed E-state index contributed by atoms with van der Waals surface area (Å²) >= 11 is 0. The minimum atomic E-state index is -2.37. The number of nitrogen functional groups attached to an aromatic ring is 1. The highest BCUT2D eigenvalue weighted by atomic mass is 19.3. The van der Waals surface area contributed by atoms with Crippen molar-refractivity contribution in [2.75, 3.05) is 12.3 Å². The summed E-state index contributed by atoms with van der Waals surface area (Å²) < 4.78 is 24.6. The van der Waals surface area contributed by atoms with Crippen LogP contribution in [0.25, 0.3) is 16.5 Å². The van der Waals surface area contributed by atoms with Crippen molar-refractivity contribution in [3.05, 3.63) is 40.7 Å². The first-order valence-corrected chi connectivity index (χ1v) is 9.01. The first-order chi connectivity index (χ1) is 13.1. The van der Waals surface area contributed by atoms with Crippen LogP contribution in [0.2, 0.25) is 0 Å². The molecule has 5 N–H and O–H groups in total. The van der Waals surface area contributed by atoms with Gasteiger partial charge in [-0.15, -0.1) is 0 Å². The number of benzene rings is 1. The molecule has 0 bridgehead atoms. The molecule has 1 aromatic heterocycles. The fraction of sp³-hybridized carbons (Fsp3) is 0.350. The highest BCUT2D eigenvalue weighted by Crippen LogP contribution is 2.35. The molecule has 1 aliphatic carbocycles. The molecule has 0 spiro atoms. The van der Waals surface area contributed by atoms with Crippen molar-refractivity contribution in [3.63, 3.8) is 0 Å². The number of nitrogens with zero attached hydrogens (tertiary/aromatic N) is 2. The van der Waals surface area contributed by atoms with Crippen molar-refractivity contribution < 1.29 is 8.78 Å². The normalized spacial score (nSPS) is 14.9. The maximum atomic E-state index is 12.3. The molecule has 1 aromatic carbocycles. The van der Waals surface area contributed by atoms with Gasteiger partial charge in [-0.2, -0.15) is 0 Å². The number of allylic oxidation sites excluding steroid dienone is 1. The summed E-state index contributed by atoms with van der Waals surface area (Å²) in [6.45, 7) is 0.0409. The number of hydrogen-bond donors (Lipinski definition) is 3. The third-order valence-corrected chi connectivity index (χ3v) is 4.85. The van der Waals surface area contributed by atoms with Crippen LogP contribution in [0, 0.1) is 5.41 Å². The monoisotopic (exact) mass is 371 g/mol. The van der Waals surface area contributed by atoms with E-state index in [1.165, 1.54) is 18.6 Å². The van der Waals surface area contributed by atoms with E-state index in [0.29, 0.717) is 16.8 Å². The zero-order chi connectivity index (χ0) is 19.4. The van der Waals surface area contributed by atoms with E-state index in [0.717, 1.165) is 53.4 Å². The molecule has 0 atom stereocenters. The number of aliphatic imine (C=N–C) groups is 1. The number of rotatable bonds is 6. The molecule has 142 valence electrons. The quantitative estimate of drug-likeness (QED) is 0.533. The summed E-state index contributed by atoms with van der Waals surface area (Å²) in [7, 11) is 0. The lowest BCUT2D eigenvalue weighted by molar-refractivity contribution is 0.141. The van der Waals surface area contributed by atoms with Crippen LogP contribution < -0.4 is 11.5 Å². The van der Waals surface area contributed by atoms with Gasteiger partial charge in [-0.25, -0.2) is 13.8 Å². The predicted octanol–water partition coefficient (Wildman–Crippen LogP) is 3.72. The van der Waals surface area contributed by atoms with Crippen molar-refractivity contribution >= 4 is 34.6 Å². The van der Waals surface area contributed by atoms with Gasteiger partial charge in [0.25, 0.3) is 0 Å². The molecule has 3 rings (SSSR count). The summed E-state index contributed by atoms with van der Waals surface area (Å²) in [5.41, 5.74) is 17.5. The maximum Gasteiger partial charge on any atom is 0.240 e. The topological polar surface area (TPSA) is 101 Å². The number of anilines is 1. The molecule has 0 amide bonds. The Kier molecular flexibility index (Phi) is 5.78. The maximum absolute atomic E-state index is 12.3. The van der Waals surface area contributed by atoms with E-state index >= 15 is 0 Å². The molecule has 1 aliphatic rings. The van der Waals surface area contributed by atoms with E-state index in [4.69, 9.17) is 21.9 Å². The van der Waals surface area contributed by atoms with Crippen LogP contribution in [0.4, 0.5) is 14.5 Å². The van der Waals surface area contributed by atoms with Gasteiger partial charge in [-0.1, -0.05) is 0 Å². The first-order valence-electron chi connectivity index (χ1n) is 9.01. The van der Waals surface area contributed by atoms with Gasteiger partial charge in [0.05, 0.1) is 11.2 Å². The second-order valence-corrected chi connectivity index (χ2v) is 6.57. The van der Waals surface area contributed by atoms with Crippen molar-refractivity contribution in [2.45, 2.75) is 38.5 Å². The smallest absolute Gasteiger partial charge is 0.240 e. The van der Waals surface area contributed by atoms with Crippen molar-refractivity contribution in [1.82, 2.24) is 4.98 Å². The fourth-order valence-electron chi connectivity index (χ4n) is 3.58. The van der Waals surface area contributed by atoms with Crippen LogP contribution in [0.5, 0.6) is 0 Å². The first kappa shape index (κ1) is 18.9. The molecule has 5 nitrogen and oxygen atoms in total. The van der Waals surface area contributed by atoms with Crippen LogP contribution >= 0.6 is 0 Å². The third kappa shape index (κ3) is 3.82. The van der Waals surface area contributed by atoms with Gasteiger partial charge in [0.2, 0.25) is 6.43 Å². The van der Waals surface area contributed by atoms with E-state index in [2.05, 4.69) is 4.99 Å². The van der Waals surface area contributed by atoms with E-state index < -0.39 is 6.43 Å². The second kappa shape index (κ2) is 8.24. The van der Waals surface area contributed by atoms with Crippen molar-refractivity contribution in [1.29, 1.82) is 5.41 Å². The van der Waals surface area contributed by atoms with E-state index in [-0.39, 0.29) is 13.0 Å². The highest BCUT2D eigenvalue weighted by Gasteiger charge is 2.22. The summed E-state index contributed by atoms with van der Waals surface area (Å²) in [6.07, 6.45) is 5.40. The number of alkyl halides is 2. The summed E-state index contributed by atoms with van der Waals surface area (Å²) in [5.74, 6) is 0. The Balaban J connectivity index is 2.13. The van der Waals surface area contributed by atoms with Crippen LogP contribution in [0.3, 0.4) is 0 Å². The Morgan fingerprint density at radius 3 is 2.67 bits per heavy atom. The van der Waals surface area contributed by atoms with Crippen LogP contribution in [0.15, 0.2) is 23.3 Å². The number of aryl methyl sites for hydroxylation is 1. The molecule has 2 aromatic rings. The van der Waals surface area contributed by atoms with Crippen molar-refractivity contribution in [3.8, 4) is 0 Å². The molecule has 0 saturated heterocycles. The van der Waals surface area contributed by atoms with Gasteiger partial charge in [0, 0.05) is 53.8 Å².